The number of hydrogen-bond acceptors (Lipinski definition) is 3. The molecule has 0 saturated carbocycles. The van der Waals surface area contributed by atoms with Gasteiger partial charge in [0.25, 0.3) is 0 Å². The molecule has 1 atom stereocenters. The monoisotopic (exact) mass is 350 g/mol. The summed E-state index contributed by atoms with van der Waals surface area (Å²) in [5.74, 6) is 1.46. The summed E-state index contributed by atoms with van der Waals surface area (Å²) in [6.07, 6.45) is 3.56. The van der Waals surface area contributed by atoms with Gasteiger partial charge in [-0.05, 0) is 36.8 Å². The molecule has 1 unspecified atom stereocenters. The van der Waals surface area contributed by atoms with Crippen LogP contribution in [0.4, 0.5) is 10.5 Å². The Kier molecular flexibility index (Phi) is 5.22. The normalized spacial score (nSPS) is 11.7. The second kappa shape index (κ2) is 7.74. The van der Waals surface area contributed by atoms with Gasteiger partial charge in [0.1, 0.15) is 17.6 Å². The number of urea groups is 1. The number of nitrogens with zero attached hydrogens (tertiary/aromatic N) is 2. The van der Waals surface area contributed by atoms with E-state index in [-0.39, 0.29) is 6.03 Å². The number of nitrogens with one attached hydrogen (secondary N) is 2. The molecule has 0 aliphatic carbocycles. The number of rotatable bonds is 5. The number of methoxy groups -OCH3 is 1. The van der Waals surface area contributed by atoms with E-state index in [9.17, 15) is 4.79 Å². The van der Waals surface area contributed by atoms with Gasteiger partial charge < -0.3 is 19.9 Å². The van der Waals surface area contributed by atoms with Crippen LogP contribution in [0.1, 0.15) is 23.0 Å². The number of imidazole rings is 1. The van der Waals surface area contributed by atoms with E-state index in [1.54, 1.807) is 13.3 Å². The van der Waals surface area contributed by atoms with Crippen molar-refractivity contribution in [3.05, 3.63) is 77.9 Å². The van der Waals surface area contributed by atoms with Gasteiger partial charge in [0.2, 0.25) is 0 Å². The van der Waals surface area contributed by atoms with E-state index in [2.05, 4.69) is 15.6 Å². The molecule has 134 valence electrons. The van der Waals surface area contributed by atoms with E-state index < -0.39 is 6.04 Å². The maximum Gasteiger partial charge on any atom is 0.320 e. The van der Waals surface area contributed by atoms with Crippen LogP contribution in [-0.4, -0.2) is 22.7 Å². The molecular formula is C20H22N4O2. The summed E-state index contributed by atoms with van der Waals surface area (Å²) in [5, 5.41) is 5.86. The number of aryl methyl sites for hydroxylation is 2. The molecule has 3 rings (SSSR count). The number of carbonyl (C=O) groups excluding carboxylic acids is 1. The molecule has 6 heteroatoms. The summed E-state index contributed by atoms with van der Waals surface area (Å²) < 4.78 is 7.19. The number of ether oxygens (including phenoxy) is 1. The van der Waals surface area contributed by atoms with E-state index in [1.165, 1.54) is 0 Å². The Hall–Kier alpha value is -3.28. The Labute approximate surface area is 152 Å². The van der Waals surface area contributed by atoms with Gasteiger partial charge in [0, 0.05) is 25.1 Å². The fourth-order valence-corrected chi connectivity index (χ4v) is 2.71. The average Bonchev–Trinajstić information content (AvgIpc) is 3.07. The number of aromatic nitrogens is 2. The van der Waals surface area contributed by atoms with Gasteiger partial charge in [-0.2, -0.15) is 0 Å². The zero-order chi connectivity index (χ0) is 18.5. The van der Waals surface area contributed by atoms with E-state index in [0.717, 1.165) is 28.4 Å². The minimum absolute atomic E-state index is 0.301. The molecule has 0 aliphatic heterocycles. The first-order valence-corrected chi connectivity index (χ1v) is 8.32. The molecule has 0 fully saturated rings. The van der Waals surface area contributed by atoms with Gasteiger partial charge in [0.15, 0.2) is 0 Å². The number of anilines is 1. The van der Waals surface area contributed by atoms with Crippen molar-refractivity contribution < 1.29 is 9.53 Å². The molecule has 2 N–H and O–H groups in total. The first kappa shape index (κ1) is 17.5. The molecule has 0 saturated heterocycles. The summed E-state index contributed by atoms with van der Waals surface area (Å²) in [7, 11) is 3.52. The van der Waals surface area contributed by atoms with Crippen LogP contribution < -0.4 is 15.4 Å². The summed E-state index contributed by atoms with van der Waals surface area (Å²) in [4.78, 5) is 17.0. The average molecular weight is 350 g/mol. The molecule has 3 aromatic rings. The lowest BCUT2D eigenvalue weighted by Crippen LogP contribution is -2.34. The van der Waals surface area contributed by atoms with E-state index >= 15 is 0 Å². The number of hydrogen-bond donors (Lipinski definition) is 2. The molecule has 0 spiro atoms. The van der Waals surface area contributed by atoms with Gasteiger partial charge in [-0.15, -0.1) is 0 Å². The highest BCUT2D eigenvalue weighted by Gasteiger charge is 2.21. The summed E-state index contributed by atoms with van der Waals surface area (Å²) in [6, 6.07) is 14.5. The number of benzene rings is 2. The van der Waals surface area contributed by atoms with Crippen molar-refractivity contribution in [1.29, 1.82) is 0 Å². The lowest BCUT2D eigenvalue weighted by atomic mass is 10.1. The van der Waals surface area contributed by atoms with Crippen molar-refractivity contribution in [2.24, 2.45) is 7.05 Å². The van der Waals surface area contributed by atoms with Gasteiger partial charge in [-0.25, -0.2) is 9.78 Å². The number of amides is 2. The van der Waals surface area contributed by atoms with E-state index in [1.807, 2.05) is 73.3 Å². The zero-order valence-electron chi connectivity index (χ0n) is 15.1. The summed E-state index contributed by atoms with van der Waals surface area (Å²) in [6.45, 7) is 2.00. The van der Waals surface area contributed by atoms with Crippen LogP contribution in [0.2, 0.25) is 0 Å². The van der Waals surface area contributed by atoms with Crippen molar-refractivity contribution in [2.75, 3.05) is 12.4 Å². The molecule has 6 nitrogen and oxygen atoms in total. The highest BCUT2D eigenvalue weighted by molar-refractivity contribution is 5.89. The van der Waals surface area contributed by atoms with Crippen molar-refractivity contribution in [3.63, 3.8) is 0 Å². The molecule has 26 heavy (non-hydrogen) atoms. The molecule has 2 aromatic carbocycles. The summed E-state index contributed by atoms with van der Waals surface area (Å²) in [5.41, 5.74) is 2.76. The highest BCUT2D eigenvalue weighted by Crippen LogP contribution is 2.24. The van der Waals surface area contributed by atoms with Crippen molar-refractivity contribution in [1.82, 2.24) is 14.9 Å². The molecule has 1 heterocycles. The molecule has 0 aliphatic rings. The molecule has 0 radical (unpaired) electrons. The van der Waals surface area contributed by atoms with Crippen LogP contribution in [-0.2, 0) is 7.05 Å². The minimum Gasteiger partial charge on any atom is -0.497 e. The standard InChI is InChI=1S/C20H22N4O2/c1-14-7-9-16(10-8-14)22-20(25)23-18(19-21-11-12-24(19)2)15-5-4-6-17(13-15)26-3/h4-13,18H,1-3H3,(H2,22,23,25). The predicted octanol–water partition coefficient (Wildman–Crippen LogP) is 3.65. The molecule has 2 amide bonds. The van der Waals surface area contributed by atoms with Crippen molar-refractivity contribution in [2.45, 2.75) is 13.0 Å². The Morgan fingerprint density at radius 1 is 1.19 bits per heavy atom. The summed E-state index contributed by atoms with van der Waals surface area (Å²) >= 11 is 0. The SMILES string of the molecule is COc1cccc(C(NC(=O)Nc2ccc(C)cc2)c2nccn2C)c1. The van der Waals surface area contributed by atoms with Crippen LogP contribution in [0.25, 0.3) is 0 Å². The third kappa shape index (κ3) is 4.03. The van der Waals surface area contributed by atoms with Crippen LogP contribution in [0.5, 0.6) is 5.75 Å². The van der Waals surface area contributed by atoms with Gasteiger partial charge in [0.05, 0.1) is 7.11 Å². The van der Waals surface area contributed by atoms with Crippen LogP contribution >= 0.6 is 0 Å². The Balaban J connectivity index is 1.85. The fourth-order valence-electron chi connectivity index (χ4n) is 2.71. The predicted molar refractivity (Wildman–Crippen MR) is 101 cm³/mol. The second-order valence-corrected chi connectivity index (χ2v) is 6.07. The van der Waals surface area contributed by atoms with E-state index in [4.69, 9.17) is 4.74 Å². The fraction of sp³-hybridized carbons (Fsp3) is 0.200. The Morgan fingerprint density at radius 2 is 1.96 bits per heavy atom. The third-order valence-electron chi connectivity index (χ3n) is 4.13. The van der Waals surface area contributed by atoms with Crippen LogP contribution in [0.3, 0.4) is 0 Å². The Morgan fingerprint density at radius 3 is 2.62 bits per heavy atom. The number of carbonyl (C=O) groups is 1. The van der Waals surface area contributed by atoms with E-state index in [0.29, 0.717) is 0 Å². The highest BCUT2D eigenvalue weighted by atomic mass is 16.5. The lowest BCUT2D eigenvalue weighted by molar-refractivity contribution is 0.249. The lowest BCUT2D eigenvalue weighted by Gasteiger charge is -2.20. The quantitative estimate of drug-likeness (QED) is 0.738. The maximum atomic E-state index is 12.6. The maximum absolute atomic E-state index is 12.6. The van der Waals surface area contributed by atoms with Gasteiger partial charge in [-0.1, -0.05) is 29.8 Å². The molecule has 0 bridgehead atoms. The van der Waals surface area contributed by atoms with Crippen molar-refractivity contribution in [3.8, 4) is 5.75 Å². The van der Waals surface area contributed by atoms with Gasteiger partial charge in [-0.3, -0.25) is 0 Å². The van der Waals surface area contributed by atoms with Crippen molar-refractivity contribution >= 4 is 11.7 Å². The van der Waals surface area contributed by atoms with Crippen LogP contribution in [0.15, 0.2) is 60.9 Å². The first-order chi connectivity index (χ1) is 12.6. The van der Waals surface area contributed by atoms with Gasteiger partial charge >= 0.3 is 6.03 Å². The Bertz CT molecular complexity index is 887. The smallest absolute Gasteiger partial charge is 0.320 e. The topological polar surface area (TPSA) is 68.2 Å². The third-order valence-corrected chi connectivity index (χ3v) is 4.13. The second-order valence-electron chi connectivity index (χ2n) is 6.07. The molecule has 1 aromatic heterocycles. The largest absolute Gasteiger partial charge is 0.497 e. The molecular weight excluding hydrogens is 328 g/mol. The minimum atomic E-state index is -0.407. The van der Waals surface area contributed by atoms with Crippen LogP contribution in [0, 0.1) is 6.92 Å². The first-order valence-electron chi connectivity index (χ1n) is 8.32. The zero-order valence-corrected chi connectivity index (χ0v) is 15.1.